The molecule has 4 heteroatoms. The number of aromatic nitrogens is 2. The zero-order chi connectivity index (χ0) is 14.7. The first-order valence-electron chi connectivity index (χ1n) is 6.77. The number of rotatable bonds is 1. The Balaban J connectivity index is 0.000000704. The Morgan fingerprint density at radius 3 is 2.15 bits per heavy atom. The molecule has 1 N–H and O–H groups in total. The van der Waals surface area contributed by atoms with Crippen molar-refractivity contribution in [2.45, 2.75) is 27.2 Å². The van der Waals surface area contributed by atoms with Gasteiger partial charge in [-0.15, -0.1) is 0 Å². The van der Waals surface area contributed by atoms with E-state index < -0.39 is 0 Å². The predicted molar refractivity (Wildman–Crippen MR) is 84.4 cm³/mol. The molecule has 0 saturated heterocycles. The second-order valence-corrected chi connectivity index (χ2v) is 4.54. The van der Waals surface area contributed by atoms with Crippen LogP contribution in [0.25, 0.3) is 22.1 Å². The molecule has 0 bridgehead atoms. The lowest BCUT2D eigenvalue weighted by molar-refractivity contribution is 0.480. The number of phenolic OH excluding ortho intramolecular Hbond substituents is 1. The summed E-state index contributed by atoms with van der Waals surface area (Å²) in [6.07, 6.45) is 0.795. The highest BCUT2D eigenvalue weighted by molar-refractivity contribution is 6.33. The van der Waals surface area contributed by atoms with Crippen LogP contribution in [0.15, 0.2) is 30.3 Å². The average molecular weight is 289 g/mol. The highest BCUT2D eigenvalue weighted by atomic mass is 35.5. The zero-order valence-electron chi connectivity index (χ0n) is 11.8. The van der Waals surface area contributed by atoms with E-state index in [4.69, 9.17) is 11.6 Å². The van der Waals surface area contributed by atoms with Crippen molar-refractivity contribution in [3.05, 3.63) is 40.9 Å². The first-order chi connectivity index (χ1) is 9.70. The van der Waals surface area contributed by atoms with Gasteiger partial charge in [-0.25, -0.2) is 9.97 Å². The maximum Gasteiger partial charge on any atom is 0.162 e. The van der Waals surface area contributed by atoms with Crippen LogP contribution in [-0.4, -0.2) is 15.1 Å². The molecule has 0 unspecified atom stereocenters. The maximum atomic E-state index is 10.0. The number of phenols is 1. The smallest absolute Gasteiger partial charge is 0.162 e. The third-order valence-corrected chi connectivity index (χ3v) is 3.30. The Morgan fingerprint density at radius 1 is 1.05 bits per heavy atom. The lowest BCUT2D eigenvalue weighted by Crippen LogP contribution is -1.93. The molecule has 2 aromatic carbocycles. The van der Waals surface area contributed by atoms with Crippen molar-refractivity contribution in [1.29, 1.82) is 0 Å². The predicted octanol–water partition coefficient (Wildman–Crippen LogP) is 4.73. The summed E-state index contributed by atoms with van der Waals surface area (Å²) in [6, 6.07) is 9.35. The SMILES string of the molecule is CC.CCc1cc(Cl)c(O)c2nc3ccccc3nc12. The third-order valence-electron chi connectivity index (χ3n) is 3.01. The van der Waals surface area contributed by atoms with E-state index in [-0.39, 0.29) is 5.75 Å². The van der Waals surface area contributed by atoms with Crippen LogP contribution in [0.3, 0.4) is 0 Å². The minimum absolute atomic E-state index is 0.00196. The molecule has 0 saturated carbocycles. The Kier molecular flexibility index (Phi) is 4.40. The Hall–Kier alpha value is -1.87. The van der Waals surface area contributed by atoms with E-state index in [1.807, 2.05) is 45.0 Å². The number of hydrogen-bond donors (Lipinski definition) is 1. The van der Waals surface area contributed by atoms with Gasteiger partial charge in [-0.3, -0.25) is 0 Å². The van der Waals surface area contributed by atoms with Gasteiger partial charge in [0.05, 0.1) is 21.6 Å². The molecule has 1 aromatic heterocycles. The summed E-state index contributed by atoms with van der Waals surface area (Å²) in [6.45, 7) is 6.03. The summed E-state index contributed by atoms with van der Waals surface area (Å²) in [5, 5.41) is 10.3. The fraction of sp³-hybridized carbons (Fsp3) is 0.250. The van der Waals surface area contributed by atoms with Crippen molar-refractivity contribution >= 4 is 33.7 Å². The number of fused-ring (bicyclic) bond motifs is 2. The average Bonchev–Trinajstić information content (AvgIpc) is 2.51. The maximum absolute atomic E-state index is 10.0. The van der Waals surface area contributed by atoms with E-state index in [9.17, 15) is 5.11 Å². The Labute approximate surface area is 123 Å². The molecule has 20 heavy (non-hydrogen) atoms. The van der Waals surface area contributed by atoms with E-state index in [1.165, 1.54) is 0 Å². The van der Waals surface area contributed by atoms with Gasteiger partial charge in [0, 0.05) is 0 Å². The molecule has 0 aliphatic heterocycles. The highest BCUT2D eigenvalue weighted by Gasteiger charge is 2.12. The summed E-state index contributed by atoms with van der Waals surface area (Å²) in [4.78, 5) is 9.02. The summed E-state index contributed by atoms with van der Waals surface area (Å²) >= 11 is 6.00. The number of aromatic hydroxyl groups is 1. The van der Waals surface area contributed by atoms with Crippen LogP contribution in [0.1, 0.15) is 26.3 Å². The molecular formula is C16H17ClN2O. The van der Waals surface area contributed by atoms with Crippen LogP contribution in [0.2, 0.25) is 5.02 Å². The summed E-state index contributed by atoms with van der Waals surface area (Å²) in [5.41, 5.74) is 3.76. The largest absolute Gasteiger partial charge is 0.504 e. The van der Waals surface area contributed by atoms with Gasteiger partial charge in [-0.2, -0.15) is 0 Å². The summed E-state index contributed by atoms with van der Waals surface area (Å²) in [7, 11) is 0. The normalized spacial score (nSPS) is 10.4. The molecule has 0 fully saturated rings. The number of para-hydroxylation sites is 2. The van der Waals surface area contributed by atoms with Crippen LogP contribution in [-0.2, 0) is 6.42 Å². The lowest BCUT2D eigenvalue weighted by atomic mass is 10.1. The minimum Gasteiger partial charge on any atom is -0.504 e. The van der Waals surface area contributed by atoms with Crippen molar-refractivity contribution in [2.24, 2.45) is 0 Å². The molecule has 0 spiro atoms. The molecule has 3 aromatic rings. The van der Waals surface area contributed by atoms with Crippen molar-refractivity contribution in [1.82, 2.24) is 9.97 Å². The van der Waals surface area contributed by atoms with Crippen molar-refractivity contribution in [3.8, 4) is 5.75 Å². The van der Waals surface area contributed by atoms with E-state index in [0.717, 1.165) is 28.5 Å². The number of aryl methyl sites for hydroxylation is 1. The van der Waals surface area contributed by atoms with Gasteiger partial charge in [0.1, 0.15) is 5.52 Å². The summed E-state index contributed by atoms with van der Waals surface area (Å²) < 4.78 is 0. The number of halogens is 1. The molecule has 0 radical (unpaired) electrons. The molecule has 0 amide bonds. The second-order valence-electron chi connectivity index (χ2n) is 4.13. The van der Waals surface area contributed by atoms with E-state index in [2.05, 4.69) is 9.97 Å². The topological polar surface area (TPSA) is 46.0 Å². The highest BCUT2D eigenvalue weighted by Crippen LogP contribution is 2.34. The molecule has 0 aliphatic rings. The fourth-order valence-corrected chi connectivity index (χ4v) is 2.28. The van der Waals surface area contributed by atoms with Gasteiger partial charge in [-0.05, 0) is 30.2 Å². The van der Waals surface area contributed by atoms with Crippen LogP contribution < -0.4 is 0 Å². The Bertz CT molecular complexity index is 756. The molecule has 104 valence electrons. The van der Waals surface area contributed by atoms with Gasteiger partial charge >= 0.3 is 0 Å². The van der Waals surface area contributed by atoms with Crippen molar-refractivity contribution in [3.63, 3.8) is 0 Å². The van der Waals surface area contributed by atoms with Crippen LogP contribution in [0.5, 0.6) is 5.75 Å². The van der Waals surface area contributed by atoms with Crippen molar-refractivity contribution < 1.29 is 5.11 Å². The molecule has 3 nitrogen and oxygen atoms in total. The minimum atomic E-state index is 0.00196. The molecule has 3 rings (SSSR count). The van der Waals surface area contributed by atoms with Gasteiger partial charge in [0.25, 0.3) is 0 Å². The van der Waals surface area contributed by atoms with E-state index in [0.29, 0.717) is 10.5 Å². The second kappa shape index (κ2) is 6.06. The van der Waals surface area contributed by atoms with Gasteiger partial charge in [0.2, 0.25) is 0 Å². The molecule has 0 atom stereocenters. The first kappa shape index (κ1) is 14.5. The number of hydrogen-bond acceptors (Lipinski definition) is 3. The molecule has 1 heterocycles. The van der Waals surface area contributed by atoms with Crippen LogP contribution in [0.4, 0.5) is 0 Å². The summed E-state index contributed by atoms with van der Waals surface area (Å²) in [5.74, 6) is 0.00196. The van der Waals surface area contributed by atoms with Gasteiger partial charge in [-0.1, -0.05) is 44.5 Å². The van der Waals surface area contributed by atoms with Crippen molar-refractivity contribution in [2.75, 3.05) is 0 Å². The standard InChI is InChI=1S/C14H11ClN2O.C2H6/c1-2-8-7-9(15)14(18)13-12(8)16-10-5-3-4-6-11(10)17-13;1-2/h3-7,18H,2H2,1H3;1-2H3. The van der Waals surface area contributed by atoms with E-state index in [1.54, 1.807) is 6.07 Å². The monoisotopic (exact) mass is 288 g/mol. The number of benzene rings is 2. The number of nitrogens with zero attached hydrogens (tertiary/aromatic N) is 2. The third kappa shape index (κ3) is 2.41. The molecule has 0 aliphatic carbocycles. The quantitative estimate of drug-likeness (QED) is 0.658. The fourth-order valence-electron chi connectivity index (χ4n) is 2.06. The zero-order valence-corrected chi connectivity index (χ0v) is 12.6. The van der Waals surface area contributed by atoms with E-state index >= 15 is 0 Å². The lowest BCUT2D eigenvalue weighted by Gasteiger charge is -2.08. The Morgan fingerprint density at radius 2 is 1.60 bits per heavy atom. The molecular weight excluding hydrogens is 272 g/mol. The van der Waals surface area contributed by atoms with Gasteiger partial charge < -0.3 is 5.11 Å². The van der Waals surface area contributed by atoms with Crippen LogP contribution in [0, 0.1) is 0 Å². The van der Waals surface area contributed by atoms with Gasteiger partial charge in [0.15, 0.2) is 5.75 Å². The first-order valence-corrected chi connectivity index (χ1v) is 7.15. The van der Waals surface area contributed by atoms with Crippen LogP contribution >= 0.6 is 11.6 Å².